The summed E-state index contributed by atoms with van der Waals surface area (Å²) in [6.07, 6.45) is 0. The fourth-order valence-electron chi connectivity index (χ4n) is 3.09. The number of benzene rings is 3. The van der Waals surface area contributed by atoms with Crippen molar-refractivity contribution in [3.8, 4) is 11.5 Å². The van der Waals surface area contributed by atoms with E-state index in [2.05, 4.69) is 5.32 Å². The van der Waals surface area contributed by atoms with Crippen LogP contribution in [0.3, 0.4) is 0 Å². The number of nitrogens with two attached hydrogens (primary N) is 1. The van der Waals surface area contributed by atoms with Gasteiger partial charge in [0.1, 0.15) is 25.5 Å². The van der Waals surface area contributed by atoms with Crippen LogP contribution in [-0.4, -0.2) is 12.6 Å². The van der Waals surface area contributed by atoms with Gasteiger partial charge in [-0.2, -0.15) is 0 Å². The van der Waals surface area contributed by atoms with E-state index in [9.17, 15) is 14.3 Å². The lowest BCUT2D eigenvalue weighted by molar-refractivity contribution is -0.686. The fraction of sp³-hybridized carbons (Fsp3) is 0.208. The maximum absolute atomic E-state index is 13.9. The largest absolute Gasteiger partial charge is 0.545 e. The molecule has 0 atom stereocenters. The first-order valence-electron chi connectivity index (χ1n) is 9.91. The summed E-state index contributed by atoms with van der Waals surface area (Å²) in [6, 6.07) is 16.7. The molecule has 0 bridgehead atoms. The molecule has 0 unspecified atom stereocenters. The Morgan fingerprint density at radius 1 is 1.03 bits per heavy atom. The zero-order valence-electron chi connectivity index (χ0n) is 17.1. The zero-order valence-corrected chi connectivity index (χ0v) is 17.8. The Labute approximate surface area is 185 Å². The third kappa shape index (κ3) is 6.20. The number of carbonyl (C=O) groups excluding carboxylic acids is 1. The molecule has 3 rings (SSSR count). The molecule has 0 fully saturated rings. The molecule has 0 aliphatic heterocycles. The lowest BCUT2D eigenvalue weighted by Crippen LogP contribution is -2.80. The molecule has 7 heteroatoms. The molecular formula is C24H23ClFNO4. The summed E-state index contributed by atoms with van der Waals surface area (Å²) in [5.74, 6) is -0.636. The van der Waals surface area contributed by atoms with E-state index in [1.54, 1.807) is 36.4 Å². The van der Waals surface area contributed by atoms with Crippen molar-refractivity contribution in [2.45, 2.75) is 26.6 Å². The van der Waals surface area contributed by atoms with Crippen LogP contribution in [-0.2, 0) is 19.7 Å². The van der Waals surface area contributed by atoms with E-state index < -0.39 is 5.97 Å². The molecule has 31 heavy (non-hydrogen) atoms. The summed E-state index contributed by atoms with van der Waals surface area (Å²) in [5, 5.41) is 13.3. The molecule has 0 aliphatic carbocycles. The van der Waals surface area contributed by atoms with Gasteiger partial charge in [-0.15, -0.1) is 0 Å². The van der Waals surface area contributed by atoms with Crippen LogP contribution in [0.1, 0.15) is 34.0 Å². The average Bonchev–Trinajstić information content (AvgIpc) is 2.75. The molecule has 5 nitrogen and oxygen atoms in total. The van der Waals surface area contributed by atoms with Crippen molar-refractivity contribution < 1.29 is 29.1 Å². The number of hydrogen-bond acceptors (Lipinski definition) is 4. The van der Waals surface area contributed by atoms with Gasteiger partial charge in [0.05, 0.1) is 17.6 Å². The standard InChI is InChI=1S/C24H23ClFNO4/c1-2-30-22-12-17(14-27-13-16-7-9-18(10-8-16)24(28)29)11-20(25)23(22)31-15-19-5-3-4-6-21(19)26/h3-12,27H,2,13-15H2,1H3,(H,28,29). The number of carbonyl (C=O) groups is 1. The van der Waals surface area contributed by atoms with Gasteiger partial charge in [-0.25, -0.2) is 4.39 Å². The third-order valence-electron chi connectivity index (χ3n) is 4.65. The topological polar surface area (TPSA) is 75.2 Å². The first-order valence-corrected chi connectivity index (χ1v) is 10.3. The smallest absolute Gasteiger partial charge is 0.180 e. The highest BCUT2D eigenvalue weighted by Crippen LogP contribution is 2.37. The number of aromatic carboxylic acids is 1. The van der Waals surface area contributed by atoms with Crippen LogP contribution in [0, 0.1) is 5.82 Å². The highest BCUT2D eigenvalue weighted by molar-refractivity contribution is 6.32. The van der Waals surface area contributed by atoms with Gasteiger partial charge in [-0.3, -0.25) is 0 Å². The van der Waals surface area contributed by atoms with E-state index in [4.69, 9.17) is 21.1 Å². The summed E-state index contributed by atoms with van der Waals surface area (Å²) in [7, 11) is 0. The predicted molar refractivity (Wildman–Crippen MR) is 113 cm³/mol. The van der Waals surface area contributed by atoms with E-state index in [1.165, 1.54) is 18.2 Å². The minimum atomic E-state index is -1.19. The second-order valence-electron chi connectivity index (χ2n) is 6.90. The van der Waals surface area contributed by atoms with Crippen molar-refractivity contribution in [2.24, 2.45) is 0 Å². The highest BCUT2D eigenvalue weighted by atomic mass is 35.5. The predicted octanol–water partition coefficient (Wildman–Crippen LogP) is 3.08. The van der Waals surface area contributed by atoms with Crippen LogP contribution in [0.4, 0.5) is 4.39 Å². The number of quaternary nitrogens is 1. The number of rotatable bonds is 10. The van der Waals surface area contributed by atoms with E-state index in [0.717, 1.165) is 11.1 Å². The van der Waals surface area contributed by atoms with Gasteiger partial charge in [0.15, 0.2) is 11.5 Å². The molecule has 0 aliphatic rings. The molecule has 0 saturated heterocycles. The van der Waals surface area contributed by atoms with Gasteiger partial charge >= 0.3 is 0 Å². The number of carboxylic acid groups (broad SMARTS) is 1. The fourth-order valence-corrected chi connectivity index (χ4v) is 3.38. The van der Waals surface area contributed by atoms with Gasteiger partial charge in [-0.05, 0) is 30.7 Å². The van der Waals surface area contributed by atoms with Gasteiger partial charge in [0.25, 0.3) is 0 Å². The van der Waals surface area contributed by atoms with Gasteiger partial charge in [-0.1, -0.05) is 54.1 Å². The summed E-state index contributed by atoms with van der Waals surface area (Å²) in [5.41, 5.74) is 2.52. The zero-order chi connectivity index (χ0) is 22.2. The van der Waals surface area contributed by atoms with Crippen molar-refractivity contribution in [1.82, 2.24) is 0 Å². The monoisotopic (exact) mass is 443 g/mol. The Balaban J connectivity index is 1.66. The molecule has 0 radical (unpaired) electrons. The van der Waals surface area contributed by atoms with Crippen molar-refractivity contribution in [3.05, 3.63) is 93.8 Å². The second kappa shape index (κ2) is 10.8. The summed E-state index contributed by atoms with van der Waals surface area (Å²) < 4.78 is 25.4. The third-order valence-corrected chi connectivity index (χ3v) is 4.93. The van der Waals surface area contributed by atoms with E-state index in [0.29, 0.717) is 41.8 Å². The Kier molecular flexibility index (Phi) is 7.87. The maximum Gasteiger partial charge on any atom is 0.180 e. The Bertz CT molecular complexity index is 1040. The van der Waals surface area contributed by atoms with Gasteiger partial charge < -0.3 is 24.7 Å². The van der Waals surface area contributed by atoms with E-state index in [-0.39, 0.29) is 18.0 Å². The lowest BCUT2D eigenvalue weighted by atomic mass is 10.1. The van der Waals surface area contributed by atoms with Crippen LogP contribution in [0.25, 0.3) is 0 Å². The average molecular weight is 444 g/mol. The molecule has 0 aromatic heterocycles. The first kappa shape index (κ1) is 22.6. The minimum Gasteiger partial charge on any atom is -0.545 e. The summed E-state index contributed by atoms with van der Waals surface area (Å²) in [4.78, 5) is 10.8. The first-order chi connectivity index (χ1) is 15.0. The molecule has 0 amide bonds. The maximum atomic E-state index is 13.9. The molecule has 3 aromatic carbocycles. The van der Waals surface area contributed by atoms with Crippen molar-refractivity contribution in [2.75, 3.05) is 6.61 Å². The molecule has 162 valence electrons. The Hall–Kier alpha value is -3.09. The molecular weight excluding hydrogens is 421 g/mol. The van der Waals surface area contributed by atoms with Gasteiger partial charge in [0, 0.05) is 16.7 Å². The number of halogens is 2. The number of ether oxygens (including phenoxy) is 2. The van der Waals surface area contributed by atoms with Crippen LogP contribution < -0.4 is 19.9 Å². The molecule has 0 heterocycles. The molecule has 0 spiro atoms. The molecule has 0 saturated carbocycles. The van der Waals surface area contributed by atoms with Gasteiger partial charge in [0.2, 0.25) is 0 Å². The number of carboxylic acids is 1. The Morgan fingerprint density at radius 3 is 2.42 bits per heavy atom. The molecule has 2 N–H and O–H groups in total. The highest BCUT2D eigenvalue weighted by Gasteiger charge is 2.14. The molecule has 3 aromatic rings. The lowest BCUT2D eigenvalue weighted by Gasteiger charge is -2.15. The summed E-state index contributed by atoms with van der Waals surface area (Å²) >= 11 is 6.45. The van der Waals surface area contributed by atoms with Crippen LogP contribution >= 0.6 is 11.6 Å². The van der Waals surface area contributed by atoms with Crippen molar-refractivity contribution in [1.29, 1.82) is 0 Å². The number of hydrogen-bond donors (Lipinski definition) is 1. The quantitative estimate of drug-likeness (QED) is 0.522. The van der Waals surface area contributed by atoms with Crippen molar-refractivity contribution in [3.63, 3.8) is 0 Å². The summed E-state index contributed by atoms with van der Waals surface area (Å²) in [6.45, 7) is 3.64. The Morgan fingerprint density at radius 2 is 1.74 bits per heavy atom. The minimum absolute atomic E-state index is 0.0415. The van der Waals surface area contributed by atoms with E-state index in [1.807, 2.05) is 13.0 Å². The van der Waals surface area contributed by atoms with Crippen LogP contribution in [0.15, 0.2) is 60.7 Å². The van der Waals surface area contributed by atoms with E-state index >= 15 is 0 Å². The van der Waals surface area contributed by atoms with Crippen molar-refractivity contribution >= 4 is 17.6 Å². The van der Waals surface area contributed by atoms with Crippen LogP contribution in [0.5, 0.6) is 11.5 Å². The second-order valence-corrected chi connectivity index (χ2v) is 7.31. The SMILES string of the molecule is CCOc1cc(C[NH2+]Cc2ccc(C(=O)[O-])cc2)cc(Cl)c1OCc1ccccc1F. The van der Waals surface area contributed by atoms with Crippen LogP contribution in [0.2, 0.25) is 5.02 Å². The normalized spacial score (nSPS) is 10.7.